The molecule has 20 heavy (non-hydrogen) atoms. The van der Waals surface area contributed by atoms with E-state index in [0.717, 1.165) is 5.56 Å². The predicted octanol–water partition coefficient (Wildman–Crippen LogP) is 2.27. The van der Waals surface area contributed by atoms with Crippen LogP contribution in [-0.2, 0) is 9.53 Å². The van der Waals surface area contributed by atoms with Crippen LogP contribution in [0.5, 0.6) is 0 Å². The Morgan fingerprint density at radius 1 is 1.50 bits per heavy atom. The third-order valence-electron chi connectivity index (χ3n) is 4.02. The molecule has 0 spiro atoms. The lowest BCUT2D eigenvalue weighted by Crippen LogP contribution is -2.49. The number of benzene rings is 1. The van der Waals surface area contributed by atoms with Gasteiger partial charge in [-0.05, 0) is 37.5 Å². The monoisotopic (exact) mass is 296 g/mol. The zero-order chi connectivity index (χ0) is 14.6. The van der Waals surface area contributed by atoms with Crippen molar-refractivity contribution in [2.75, 3.05) is 19.8 Å². The third kappa shape index (κ3) is 3.32. The molecule has 3 N–H and O–H groups in total. The van der Waals surface area contributed by atoms with Crippen molar-refractivity contribution in [3.05, 3.63) is 34.9 Å². The van der Waals surface area contributed by atoms with Gasteiger partial charge in [-0.2, -0.15) is 0 Å². The number of ether oxygens (including phenoxy) is 1. The van der Waals surface area contributed by atoms with Gasteiger partial charge in [0.2, 0.25) is 5.91 Å². The quantitative estimate of drug-likeness (QED) is 0.896. The molecular weight excluding hydrogens is 276 g/mol. The highest BCUT2D eigenvalue weighted by Crippen LogP contribution is 2.30. The molecule has 0 radical (unpaired) electrons. The van der Waals surface area contributed by atoms with E-state index in [1.54, 1.807) is 0 Å². The Labute approximate surface area is 124 Å². The maximum absolute atomic E-state index is 12.5. The van der Waals surface area contributed by atoms with Crippen LogP contribution >= 0.6 is 11.6 Å². The molecule has 110 valence electrons. The summed E-state index contributed by atoms with van der Waals surface area (Å²) in [6, 6.07) is 7.43. The second-order valence-corrected chi connectivity index (χ2v) is 5.78. The normalized spacial score (nSPS) is 19.4. The lowest BCUT2D eigenvalue weighted by Gasteiger charge is -2.35. The van der Waals surface area contributed by atoms with Crippen LogP contribution in [0, 0.1) is 5.41 Å². The summed E-state index contributed by atoms with van der Waals surface area (Å²) in [6.07, 6.45) is 1.36. The summed E-state index contributed by atoms with van der Waals surface area (Å²) in [5.74, 6) is 0.00998. The number of rotatable bonds is 4. The highest BCUT2D eigenvalue weighted by molar-refractivity contribution is 6.30. The molecule has 0 aromatic heterocycles. The number of nitrogens with one attached hydrogen (secondary N) is 1. The fourth-order valence-electron chi connectivity index (χ4n) is 2.50. The van der Waals surface area contributed by atoms with Crippen LogP contribution in [-0.4, -0.2) is 25.7 Å². The molecule has 1 amide bonds. The van der Waals surface area contributed by atoms with Crippen molar-refractivity contribution < 1.29 is 9.53 Å². The highest BCUT2D eigenvalue weighted by atomic mass is 35.5. The van der Waals surface area contributed by atoms with Crippen LogP contribution in [0.3, 0.4) is 0 Å². The SMILES string of the molecule is C[C@H](NC(=O)C1(CN)CCOCC1)c1cccc(Cl)c1. The predicted molar refractivity (Wildman–Crippen MR) is 79.6 cm³/mol. The van der Waals surface area contributed by atoms with Gasteiger partial charge in [-0.1, -0.05) is 23.7 Å². The minimum Gasteiger partial charge on any atom is -0.381 e. The number of carbonyl (C=O) groups excluding carboxylic acids is 1. The smallest absolute Gasteiger partial charge is 0.228 e. The standard InChI is InChI=1S/C15H21ClN2O2/c1-11(12-3-2-4-13(16)9-12)18-14(19)15(10-17)5-7-20-8-6-15/h2-4,9,11H,5-8,10,17H2,1H3,(H,18,19)/t11-/m0/s1. The van der Waals surface area contributed by atoms with Crippen molar-refractivity contribution in [2.24, 2.45) is 11.1 Å². The molecule has 0 aliphatic carbocycles. The van der Waals surface area contributed by atoms with E-state index in [4.69, 9.17) is 22.1 Å². The lowest BCUT2D eigenvalue weighted by molar-refractivity contribution is -0.136. The second kappa shape index (κ2) is 6.57. The van der Waals surface area contributed by atoms with Gasteiger partial charge in [-0.25, -0.2) is 0 Å². The molecule has 1 atom stereocenters. The van der Waals surface area contributed by atoms with Crippen molar-refractivity contribution in [1.82, 2.24) is 5.32 Å². The maximum atomic E-state index is 12.5. The molecule has 1 aromatic carbocycles. The minimum absolute atomic E-state index is 0.00998. The molecule has 0 bridgehead atoms. The Hall–Kier alpha value is -1.10. The van der Waals surface area contributed by atoms with E-state index >= 15 is 0 Å². The van der Waals surface area contributed by atoms with E-state index in [1.165, 1.54) is 0 Å². The Bertz CT molecular complexity index is 473. The Kier molecular flexibility index (Phi) is 5.02. The van der Waals surface area contributed by atoms with Gasteiger partial charge < -0.3 is 15.8 Å². The number of hydrogen-bond acceptors (Lipinski definition) is 3. The van der Waals surface area contributed by atoms with Crippen molar-refractivity contribution in [3.63, 3.8) is 0 Å². The van der Waals surface area contributed by atoms with Gasteiger partial charge in [-0.3, -0.25) is 4.79 Å². The molecular formula is C15H21ClN2O2. The molecule has 0 saturated carbocycles. The van der Waals surface area contributed by atoms with E-state index in [2.05, 4.69) is 5.32 Å². The van der Waals surface area contributed by atoms with Crippen molar-refractivity contribution >= 4 is 17.5 Å². The number of carbonyl (C=O) groups is 1. The first-order chi connectivity index (χ1) is 9.57. The van der Waals surface area contributed by atoms with Gasteiger partial charge in [0.05, 0.1) is 11.5 Å². The number of amides is 1. The summed E-state index contributed by atoms with van der Waals surface area (Å²) < 4.78 is 5.33. The molecule has 1 saturated heterocycles. The first kappa shape index (κ1) is 15.3. The number of halogens is 1. The van der Waals surface area contributed by atoms with Gasteiger partial charge in [0.25, 0.3) is 0 Å². The molecule has 1 aliphatic rings. The summed E-state index contributed by atoms with van der Waals surface area (Å²) in [4.78, 5) is 12.5. The van der Waals surface area contributed by atoms with Gasteiger partial charge in [-0.15, -0.1) is 0 Å². The van der Waals surface area contributed by atoms with Crippen LogP contribution in [0.4, 0.5) is 0 Å². The van der Waals surface area contributed by atoms with Crippen LogP contribution < -0.4 is 11.1 Å². The van der Waals surface area contributed by atoms with Crippen LogP contribution in [0.25, 0.3) is 0 Å². The van der Waals surface area contributed by atoms with Gasteiger partial charge >= 0.3 is 0 Å². The fraction of sp³-hybridized carbons (Fsp3) is 0.533. The first-order valence-electron chi connectivity index (χ1n) is 6.92. The highest BCUT2D eigenvalue weighted by Gasteiger charge is 2.39. The molecule has 1 fully saturated rings. The molecule has 1 aromatic rings. The average Bonchev–Trinajstić information content (AvgIpc) is 2.47. The summed E-state index contributed by atoms with van der Waals surface area (Å²) in [5.41, 5.74) is 6.34. The summed E-state index contributed by atoms with van der Waals surface area (Å²) in [5, 5.41) is 3.72. The molecule has 1 heterocycles. The van der Waals surface area contributed by atoms with Crippen LogP contribution in [0.2, 0.25) is 5.02 Å². The zero-order valence-electron chi connectivity index (χ0n) is 11.7. The summed E-state index contributed by atoms with van der Waals surface area (Å²) >= 11 is 5.98. The topological polar surface area (TPSA) is 64.4 Å². The van der Waals surface area contributed by atoms with Crippen LogP contribution in [0.15, 0.2) is 24.3 Å². The molecule has 4 nitrogen and oxygen atoms in total. The molecule has 1 aliphatic heterocycles. The van der Waals surface area contributed by atoms with Crippen molar-refractivity contribution in [2.45, 2.75) is 25.8 Å². The Morgan fingerprint density at radius 3 is 2.80 bits per heavy atom. The fourth-order valence-corrected chi connectivity index (χ4v) is 2.69. The Balaban J connectivity index is 2.06. The molecule has 5 heteroatoms. The minimum atomic E-state index is -0.495. The summed E-state index contributed by atoms with van der Waals surface area (Å²) in [6.45, 7) is 3.49. The van der Waals surface area contributed by atoms with Gasteiger partial charge in [0.1, 0.15) is 0 Å². The van der Waals surface area contributed by atoms with E-state index < -0.39 is 5.41 Å². The van der Waals surface area contributed by atoms with Gasteiger partial charge in [0.15, 0.2) is 0 Å². The zero-order valence-corrected chi connectivity index (χ0v) is 12.5. The van der Waals surface area contributed by atoms with Gasteiger partial charge in [0, 0.05) is 24.8 Å². The first-order valence-corrected chi connectivity index (χ1v) is 7.29. The molecule has 2 rings (SSSR count). The van der Waals surface area contributed by atoms with Crippen LogP contribution in [0.1, 0.15) is 31.4 Å². The average molecular weight is 297 g/mol. The molecule has 0 unspecified atom stereocenters. The third-order valence-corrected chi connectivity index (χ3v) is 4.25. The van der Waals surface area contributed by atoms with E-state index in [0.29, 0.717) is 37.6 Å². The van der Waals surface area contributed by atoms with E-state index in [-0.39, 0.29) is 11.9 Å². The largest absolute Gasteiger partial charge is 0.381 e. The lowest BCUT2D eigenvalue weighted by atomic mass is 9.79. The van der Waals surface area contributed by atoms with Crippen molar-refractivity contribution in [3.8, 4) is 0 Å². The van der Waals surface area contributed by atoms with E-state index in [1.807, 2.05) is 31.2 Å². The maximum Gasteiger partial charge on any atom is 0.228 e. The van der Waals surface area contributed by atoms with Crippen molar-refractivity contribution in [1.29, 1.82) is 0 Å². The number of hydrogen-bond donors (Lipinski definition) is 2. The number of nitrogens with two attached hydrogens (primary N) is 1. The Morgan fingerprint density at radius 2 is 2.20 bits per heavy atom. The summed E-state index contributed by atoms with van der Waals surface area (Å²) in [7, 11) is 0. The van der Waals surface area contributed by atoms with E-state index in [9.17, 15) is 4.79 Å². The second-order valence-electron chi connectivity index (χ2n) is 5.35.